The fourth-order valence-electron chi connectivity index (χ4n) is 4.21. The summed E-state index contributed by atoms with van der Waals surface area (Å²) in [7, 11) is 1.79. The van der Waals surface area contributed by atoms with Gasteiger partial charge in [0.2, 0.25) is 0 Å². The van der Waals surface area contributed by atoms with Crippen LogP contribution in [0.1, 0.15) is 28.5 Å². The van der Waals surface area contributed by atoms with Crippen LogP contribution in [-0.4, -0.2) is 25.5 Å². The molecule has 0 amide bonds. The summed E-state index contributed by atoms with van der Waals surface area (Å²) >= 11 is 0. The molecule has 0 aliphatic carbocycles. The van der Waals surface area contributed by atoms with E-state index in [4.69, 9.17) is 0 Å². The SMILES string of the molecule is CC(=O)c1ccc(-c2cc(Nc3ccc(C)c(-c4cc5cnc(C)cc5n(C)c4=O)c3)n[nH]2)cc1. The number of rotatable bonds is 5. The number of pyridine rings is 2. The molecule has 5 aromatic rings. The third kappa shape index (κ3) is 4.24. The van der Waals surface area contributed by atoms with Crippen LogP contribution in [0.5, 0.6) is 0 Å². The van der Waals surface area contributed by atoms with E-state index in [1.54, 1.807) is 36.9 Å². The zero-order valence-electron chi connectivity index (χ0n) is 20.0. The van der Waals surface area contributed by atoms with Crippen molar-refractivity contribution >= 4 is 28.2 Å². The number of nitrogens with one attached hydrogen (secondary N) is 2. The summed E-state index contributed by atoms with van der Waals surface area (Å²) in [5.74, 6) is 0.683. The van der Waals surface area contributed by atoms with Gasteiger partial charge in [-0.25, -0.2) is 0 Å². The smallest absolute Gasteiger partial charge is 0.258 e. The highest BCUT2D eigenvalue weighted by atomic mass is 16.1. The first-order chi connectivity index (χ1) is 16.8. The molecule has 35 heavy (non-hydrogen) atoms. The highest BCUT2D eigenvalue weighted by Gasteiger charge is 2.13. The number of nitrogens with zero attached hydrogens (tertiary/aromatic N) is 3. The number of aryl methyl sites for hydroxylation is 3. The van der Waals surface area contributed by atoms with Gasteiger partial charge in [0.15, 0.2) is 11.6 Å². The molecule has 3 aromatic heterocycles. The first-order valence-corrected chi connectivity index (χ1v) is 11.3. The number of hydrogen-bond donors (Lipinski definition) is 2. The zero-order valence-corrected chi connectivity index (χ0v) is 20.0. The van der Waals surface area contributed by atoms with E-state index in [9.17, 15) is 9.59 Å². The van der Waals surface area contributed by atoms with E-state index >= 15 is 0 Å². The van der Waals surface area contributed by atoms with Crippen molar-refractivity contribution in [3.63, 3.8) is 0 Å². The van der Waals surface area contributed by atoms with Gasteiger partial charge in [0.05, 0.1) is 11.2 Å². The molecule has 2 aromatic carbocycles. The summed E-state index contributed by atoms with van der Waals surface area (Å²) in [4.78, 5) is 29.1. The summed E-state index contributed by atoms with van der Waals surface area (Å²) in [5, 5.41) is 11.6. The van der Waals surface area contributed by atoms with Gasteiger partial charge in [-0.1, -0.05) is 30.3 Å². The minimum absolute atomic E-state index is 0.0336. The van der Waals surface area contributed by atoms with Crippen molar-refractivity contribution in [2.24, 2.45) is 7.05 Å². The molecule has 0 aliphatic heterocycles. The minimum Gasteiger partial charge on any atom is -0.339 e. The maximum absolute atomic E-state index is 13.2. The molecule has 0 aliphatic rings. The van der Waals surface area contributed by atoms with Crippen LogP contribution < -0.4 is 10.9 Å². The van der Waals surface area contributed by atoms with Crippen LogP contribution >= 0.6 is 0 Å². The molecule has 2 N–H and O–H groups in total. The number of fused-ring (bicyclic) bond motifs is 1. The molecule has 0 saturated heterocycles. The van der Waals surface area contributed by atoms with Crippen molar-refractivity contribution in [3.05, 3.63) is 94.0 Å². The monoisotopic (exact) mass is 463 g/mol. The number of hydrogen-bond acceptors (Lipinski definition) is 5. The van der Waals surface area contributed by atoms with Crippen LogP contribution in [0.25, 0.3) is 33.3 Å². The van der Waals surface area contributed by atoms with E-state index < -0.39 is 0 Å². The van der Waals surface area contributed by atoms with Gasteiger partial charge < -0.3 is 9.88 Å². The summed E-state index contributed by atoms with van der Waals surface area (Å²) in [6.45, 7) is 5.46. The van der Waals surface area contributed by atoms with Gasteiger partial charge in [-0.2, -0.15) is 5.10 Å². The normalized spacial score (nSPS) is 11.1. The molecule has 3 heterocycles. The topological polar surface area (TPSA) is 92.7 Å². The lowest BCUT2D eigenvalue weighted by Gasteiger charge is -2.13. The van der Waals surface area contributed by atoms with Gasteiger partial charge >= 0.3 is 0 Å². The number of anilines is 2. The Morgan fingerprint density at radius 3 is 2.49 bits per heavy atom. The summed E-state index contributed by atoms with van der Waals surface area (Å²) < 4.78 is 1.68. The van der Waals surface area contributed by atoms with E-state index in [1.165, 1.54) is 0 Å². The Morgan fingerprint density at radius 1 is 0.971 bits per heavy atom. The second-order valence-corrected chi connectivity index (χ2v) is 8.76. The molecule has 0 atom stereocenters. The number of H-pyrrole nitrogens is 1. The predicted molar refractivity (Wildman–Crippen MR) is 139 cm³/mol. The van der Waals surface area contributed by atoms with Crippen molar-refractivity contribution in [3.8, 4) is 22.4 Å². The van der Waals surface area contributed by atoms with E-state index in [0.29, 0.717) is 16.9 Å². The maximum Gasteiger partial charge on any atom is 0.258 e. The quantitative estimate of drug-likeness (QED) is 0.333. The van der Waals surface area contributed by atoms with Gasteiger partial charge in [0.25, 0.3) is 5.56 Å². The van der Waals surface area contributed by atoms with E-state index in [0.717, 1.165) is 44.7 Å². The molecule has 5 rings (SSSR count). The van der Waals surface area contributed by atoms with Gasteiger partial charge in [-0.3, -0.25) is 19.7 Å². The number of aromatic nitrogens is 4. The van der Waals surface area contributed by atoms with Crippen molar-refractivity contribution in [1.82, 2.24) is 19.7 Å². The summed E-state index contributed by atoms with van der Waals surface area (Å²) in [6, 6.07) is 19.1. The number of benzene rings is 2. The van der Waals surface area contributed by atoms with Gasteiger partial charge in [0, 0.05) is 47.2 Å². The molecule has 0 bridgehead atoms. The van der Waals surface area contributed by atoms with Crippen LogP contribution in [0.3, 0.4) is 0 Å². The van der Waals surface area contributed by atoms with Crippen molar-refractivity contribution < 1.29 is 4.79 Å². The maximum atomic E-state index is 13.2. The Balaban J connectivity index is 1.47. The van der Waals surface area contributed by atoms with Crippen LogP contribution in [0.2, 0.25) is 0 Å². The molecule has 7 nitrogen and oxygen atoms in total. The van der Waals surface area contributed by atoms with Crippen LogP contribution in [0.15, 0.2) is 71.7 Å². The lowest BCUT2D eigenvalue weighted by molar-refractivity contribution is 0.101. The summed E-state index contributed by atoms with van der Waals surface area (Å²) in [5.41, 5.74) is 7.41. The highest BCUT2D eigenvalue weighted by Crippen LogP contribution is 2.29. The van der Waals surface area contributed by atoms with Crippen molar-refractivity contribution in [2.75, 3.05) is 5.32 Å². The number of carbonyl (C=O) groups excluding carboxylic acids is 1. The van der Waals surface area contributed by atoms with E-state index in [1.807, 2.05) is 62.4 Å². The second-order valence-electron chi connectivity index (χ2n) is 8.76. The fraction of sp³-hybridized carbons (Fsp3) is 0.143. The minimum atomic E-state index is -0.0561. The van der Waals surface area contributed by atoms with Crippen molar-refractivity contribution in [1.29, 1.82) is 0 Å². The molecule has 0 saturated carbocycles. The van der Waals surface area contributed by atoms with Crippen LogP contribution in [0.4, 0.5) is 11.5 Å². The highest BCUT2D eigenvalue weighted by molar-refractivity contribution is 5.94. The molecule has 174 valence electrons. The number of ketones is 1. The van der Waals surface area contributed by atoms with Gasteiger partial charge in [-0.05, 0) is 61.7 Å². The Bertz CT molecular complexity index is 1650. The van der Waals surface area contributed by atoms with Crippen LogP contribution in [-0.2, 0) is 7.05 Å². The predicted octanol–water partition coefficient (Wildman–Crippen LogP) is 5.55. The Morgan fingerprint density at radius 2 is 1.74 bits per heavy atom. The van der Waals surface area contributed by atoms with E-state index in [2.05, 4.69) is 20.5 Å². The lowest BCUT2D eigenvalue weighted by atomic mass is 9.99. The number of aromatic amines is 1. The Hall–Kier alpha value is -4.52. The van der Waals surface area contributed by atoms with Crippen molar-refractivity contribution in [2.45, 2.75) is 20.8 Å². The molecule has 0 spiro atoms. The lowest BCUT2D eigenvalue weighted by Crippen LogP contribution is -2.19. The van der Waals surface area contributed by atoms with Gasteiger partial charge in [0.1, 0.15) is 0 Å². The standard InChI is InChI=1S/C28H25N5O2/c1-16-5-10-22(30-27-14-25(31-32-27)20-8-6-19(7-9-20)18(3)34)13-23(16)24-12-21-15-29-17(2)11-26(21)33(4)28(24)35/h5-15H,1-4H3,(H2,30,31,32). The molecule has 7 heteroatoms. The largest absolute Gasteiger partial charge is 0.339 e. The van der Waals surface area contributed by atoms with Gasteiger partial charge in [-0.15, -0.1) is 0 Å². The molecular formula is C28H25N5O2. The molecule has 0 fully saturated rings. The molecule has 0 radical (unpaired) electrons. The van der Waals surface area contributed by atoms with Crippen LogP contribution in [0, 0.1) is 13.8 Å². The molecule has 0 unspecified atom stereocenters. The number of carbonyl (C=O) groups is 1. The fourth-order valence-corrected chi connectivity index (χ4v) is 4.21. The average Bonchev–Trinajstić information content (AvgIpc) is 3.31. The zero-order chi connectivity index (χ0) is 24.7. The first-order valence-electron chi connectivity index (χ1n) is 11.3. The Labute approximate surface area is 202 Å². The van der Waals surface area contributed by atoms with E-state index in [-0.39, 0.29) is 11.3 Å². The number of Topliss-reactive ketones (excluding diaryl/α,β-unsaturated/α-hetero) is 1. The first kappa shape index (κ1) is 22.3. The third-order valence-electron chi connectivity index (χ3n) is 6.23. The summed E-state index contributed by atoms with van der Waals surface area (Å²) in [6.07, 6.45) is 1.80. The average molecular weight is 464 g/mol. The molecular weight excluding hydrogens is 438 g/mol. The Kier molecular flexibility index (Phi) is 5.53. The second kappa shape index (κ2) is 8.68. The third-order valence-corrected chi connectivity index (χ3v) is 6.23.